The SMILES string of the molecule is O=C(COC(=O)COc1ccc(Cl)cc1Br)Nc1ccccc1Br. The summed E-state index contributed by atoms with van der Waals surface area (Å²) in [6, 6.07) is 12.0. The van der Waals surface area contributed by atoms with Crippen molar-refractivity contribution in [3.63, 3.8) is 0 Å². The van der Waals surface area contributed by atoms with Crippen LogP contribution in [-0.4, -0.2) is 25.1 Å². The summed E-state index contributed by atoms with van der Waals surface area (Å²) in [6.45, 7) is -0.714. The van der Waals surface area contributed by atoms with Crippen LogP contribution in [0.2, 0.25) is 5.02 Å². The van der Waals surface area contributed by atoms with Gasteiger partial charge in [0.25, 0.3) is 5.91 Å². The van der Waals surface area contributed by atoms with Crippen molar-refractivity contribution in [2.75, 3.05) is 18.5 Å². The van der Waals surface area contributed by atoms with Gasteiger partial charge < -0.3 is 14.8 Å². The molecule has 0 aliphatic heterocycles. The van der Waals surface area contributed by atoms with E-state index in [1.807, 2.05) is 6.07 Å². The van der Waals surface area contributed by atoms with Gasteiger partial charge in [0.2, 0.25) is 0 Å². The molecule has 0 spiro atoms. The van der Waals surface area contributed by atoms with Crippen molar-refractivity contribution in [2.24, 2.45) is 0 Å². The molecule has 0 atom stereocenters. The molecule has 0 heterocycles. The number of carbonyl (C=O) groups excluding carboxylic acids is 2. The van der Waals surface area contributed by atoms with E-state index in [1.165, 1.54) is 0 Å². The normalized spacial score (nSPS) is 10.1. The lowest BCUT2D eigenvalue weighted by Crippen LogP contribution is -2.23. The van der Waals surface area contributed by atoms with Crippen molar-refractivity contribution in [1.82, 2.24) is 0 Å². The summed E-state index contributed by atoms with van der Waals surface area (Å²) in [4.78, 5) is 23.4. The zero-order valence-corrected chi connectivity index (χ0v) is 16.2. The maximum Gasteiger partial charge on any atom is 0.344 e. The molecule has 0 unspecified atom stereocenters. The third-order valence-electron chi connectivity index (χ3n) is 2.75. The summed E-state index contributed by atoms with van der Waals surface area (Å²) in [6.07, 6.45) is 0. The van der Waals surface area contributed by atoms with Crippen LogP contribution in [0, 0.1) is 0 Å². The maximum absolute atomic E-state index is 11.8. The minimum atomic E-state index is -0.654. The Morgan fingerprint density at radius 2 is 1.79 bits per heavy atom. The van der Waals surface area contributed by atoms with Crippen LogP contribution < -0.4 is 10.1 Å². The van der Waals surface area contributed by atoms with Crippen LogP contribution in [0.25, 0.3) is 0 Å². The first-order chi connectivity index (χ1) is 11.5. The van der Waals surface area contributed by atoms with Gasteiger partial charge in [-0.2, -0.15) is 0 Å². The number of nitrogens with one attached hydrogen (secondary N) is 1. The second kappa shape index (κ2) is 9.05. The molecule has 2 aromatic rings. The molecule has 1 N–H and O–H groups in total. The number of carbonyl (C=O) groups is 2. The molecule has 5 nitrogen and oxygen atoms in total. The van der Waals surface area contributed by atoms with Crippen LogP contribution in [0.4, 0.5) is 5.69 Å². The Morgan fingerprint density at radius 1 is 1.04 bits per heavy atom. The minimum absolute atomic E-state index is 0.317. The summed E-state index contributed by atoms with van der Waals surface area (Å²) in [5.74, 6) is -0.643. The Labute approximate surface area is 160 Å². The molecule has 0 aliphatic rings. The van der Waals surface area contributed by atoms with Crippen LogP contribution in [-0.2, 0) is 14.3 Å². The van der Waals surface area contributed by atoms with Gasteiger partial charge in [0.05, 0.1) is 10.2 Å². The molecule has 8 heteroatoms. The quantitative estimate of drug-likeness (QED) is 0.626. The van der Waals surface area contributed by atoms with E-state index in [0.29, 0.717) is 20.9 Å². The Bertz CT molecular complexity index is 755. The largest absolute Gasteiger partial charge is 0.481 e. The van der Waals surface area contributed by atoms with Gasteiger partial charge in [0.1, 0.15) is 5.75 Å². The molecule has 24 heavy (non-hydrogen) atoms. The van der Waals surface area contributed by atoms with Crippen LogP contribution in [0.1, 0.15) is 0 Å². The van der Waals surface area contributed by atoms with Gasteiger partial charge in [-0.3, -0.25) is 4.79 Å². The van der Waals surface area contributed by atoms with Gasteiger partial charge in [0, 0.05) is 9.50 Å². The van der Waals surface area contributed by atoms with Crippen molar-refractivity contribution < 1.29 is 19.1 Å². The van der Waals surface area contributed by atoms with Crippen LogP contribution in [0.15, 0.2) is 51.4 Å². The number of rotatable bonds is 6. The van der Waals surface area contributed by atoms with Crippen molar-refractivity contribution in [3.05, 3.63) is 56.4 Å². The van der Waals surface area contributed by atoms with E-state index in [4.69, 9.17) is 21.1 Å². The van der Waals surface area contributed by atoms with E-state index in [0.717, 1.165) is 4.47 Å². The van der Waals surface area contributed by atoms with Crippen molar-refractivity contribution in [1.29, 1.82) is 0 Å². The van der Waals surface area contributed by atoms with Crippen LogP contribution in [0.5, 0.6) is 5.75 Å². The highest BCUT2D eigenvalue weighted by Gasteiger charge is 2.11. The fraction of sp³-hybridized carbons (Fsp3) is 0.125. The smallest absolute Gasteiger partial charge is 0.344 e. The lowest BCUT2D eigenvalue weighted by atomic mass is 10.3. The second-order valence-corrected chi connectivity index (χ2v) is 6.70. The molecule has 0 saturated carbocycles. The molecule has 0 aliphatic carbocycles. The van der Waals surface area contributed by atoms with Crippen LogP contribution in [0.3, 0.4) is 0 Å². The molecule has 0 saturated heterocycles. The number of para-hydroxylation sites is 1. The topological polar surface area (TPSA) is 64.6 Å². The molecule has 0 aromatic heterocycles. The first-order valence-electron chi connectivity index (χ1n) is 6.73. The molecule has 0 fully saturated rings. The fourth-order valence-electron chi connectivity index (χ4n) is 1.67. The number of benzene rings is 2. The van der Waals surface area contributed by atoms with Gasteiger partial charge >= 0.3 is 5.97 Å². The van der Waals surface area contributed by atoms with E-state index in [-0.39, 0.29) is 6.61 Å². The summed E-state index contributed by atoms with van der Waals surface area (Å²) < 4.78 is 11.5. The molecular formula is C16H12Br2ClNO4. The number of esters is 1. The third kappa shape index (κ3) is 5.81. The van der Waals surface area contributed by atoms with E-state index in [2.05, 4.69) is 37.2 Å². The summed E-state index contributed by atoms with van der Waals surface area (Å²) in [5.41, 5.74) is 0.597. The fourth-order valence-corrected chi connectivity index (χ4v) is 2.85. The number of halogens is 3. The van der Waals surface area contributed by atoms with Crippen molar-refractivity contribution in [3.8, 4) is 5.75 Å². The number of hydrogen-bond acceptors (Lipinski definition) is 4. The molecular weight excluding hydrogens is 465 g/mol. The molecule has 1 amide bonds. The van der Waals surface area contributed by atoms with Crippen molar-refractivity contribution >= 4 is 61.0 Å². The number of anilines is 1. The zero-order chi connectivity index (χ0) is 17.5. The Hall–Kier alpha value is -1.57. The van der Waals surface area contributed by atoms with E-state index < -0.39 is 18.5 Å². The molecule has 2 rings (SSSR count). The zero-order valence-electron chi connectivity index (χ0n) is 12.2. The third-order valence-corrected chi connectivity index (χ3v) is 4.30. The van der Waals surface area contributed by atoms with Gasteiger partial charge in [-0.15, -0.1) is 0 Å². The van der Waals surface area contributed by atoms with Gasteiger partial charge in [-0.05, 0) is 62.2 Å². The second-order valence-electron chi connectivity index (χ2n) is 4.55. The first kappa shape index (κ1) is 18.8. The van der Waals surface area contributed by atoms with Gasteiger partial charge in [-0.1, -0.05) is 23.7 Å². The summed E-state index contributed by atoms with van der Waals surface area (Å²) in [5, 5.41) is 3.17. The molecule has 126 valence electrons. The Morgan fingerprint density at radius 3 is 2.50 bits per heavy atom. The standard InChI is InChI=1S/C16H12Br2ClNO4/c17-11-3-1-2-4-13(11)20-15(21)8-24-16(22)9-23-14-6-5-10(19)7-12(14)18/h1-7H,8-9H2,(H,20,21). The lowest BCUT2D eigenvalue weighted by molar-refractivity contribution is -0.149. The average Bonchev–Trinajstić information content (AvgIpc) is 2.54. The average molecular weight is 478 g/mol. The molecule has 0 bridgehead atoms. The van der Waals surface area contributed by atoms with Crippen LogP contribution >= 0.6 is 43.5 Å². The molecule has 0 radical (unpaired) electrons. The van der Waals surface area contributed by atoms with E-state index in [9.17, 15) is 9.59 Å². The minimum Gasteiger partial charge on any atom is -0.481 e. The number of ether oxygens (including phenoxy) is 2. The Kier molecular flexibility index (Phi) is 7.08. The monoisotopic (exact) mass is 475 g/mol. The highest BCUT2D eigenvalue weighted by molar-refractivity contribution is 9.11. The predicted octanol–water partition coefficient (Wildman–Crippen LogP) is 4.43. The number of hydrogen-bond donors (Lipinski definition) is 1. The van der Waals surface area contributed by atoms with Crippen molar-refractivity contribution in [2.45, 2.75) is 0 Å². The maximum atomic E-state index is 11.8. The van der Waals surface area contributed by atoms with E-state index >= 15 is 0 Å². The van der Waals surface area contributed by atoms with Gasteiger partial charge in [0.15, 0.2) is 13.2 Å². The first-order valence-corrected chi connectivity index (χ1v) is 8.70. The van der Waals surface area contributed by atoms with Gasteiger partial charge in [-0.25, -0.2) is 4.79 Å². The summed E-state index contributed by atoms with van der Waals surface area (Å²) >= 11 is 12.4. The van der Waals surface area contributed by atoms with E-state index in [1.54, 1.807) is 36.4 Å². The lowest BCUT2D eigenvalue weighted by Gasteiger charge is -2.09. The molecule has 2 aromatic carbocycles. The summed E-state index contributed by atoms with van der Waals surface area (Å²) in [7, 11) is 0. The predicted molar refractivity (Wildman–Crippen MR) is 98.4 cm³/mol. The highest BCUT2D eigenvalue weighted by Crippen LogP contribution is 2.27. The Balaban J connectivity index is 1.76. The number of amides is 1. The highest BCUT2D eigenvalue weighted by atomic mass is 79.9.